The fourth-order valence-corrected chi connectivity index (χ4v) is 3.56. The Hall–Kier alpha value is -1.10. The van der Waals surface area contributed by atoms with Crippen LogP contribution in [0.25, 0.3) is 0 Å². The summed E-state index contributed by atoms with van der Waals surface area (Å²) in [6.07, 6.45) is 4.41. The molecule has 2 aliphatic heterocycles. The second kappa shape index (κ2) is 6.12. The van der Waals surface area contributed by atoms with E-state index in [1.807, 2.05) is 18.7 Å². The third-order valence-electron chi connectivity index (χ3n) is 4.89. The van der Waals surface area contributed by atoms with Crippen LogP contribution in [-0.4, -0.2) is 59.0 Å². The van der Waals surface area contributed by atoms with Gasteiger partial charge in [0, 0.05) is 26.2 Å². The number of aliphatic carboxylic acids is 1. The van der Waals surface area contributed by atoms with Crippen LogP contribution >= 0.6 is 0 Å². The molecule has 0 aromatic rings. The van der Waals surface area contributed by atoms with E-state index in [2.05, 4.69) is 4.90 Å². The lowest BCUT2D eigenvalue weighted by Gasteiger charge is -2.29. The second-order valence-electron chi connectivity index (χ2n) is 6.26. The number of carboxylic acid groups (broad SMARTS) is 1. The van der Waals surface area contributed by atoms with Crippen LogP contribution in [0.2, 0.25) is 0 Å². The maximum Gasteiger partial charge on any atom is 0.310 e. The molecule has 1 N–H and O–H groups in total. The molecule has 2 saturated heterocycles. The number of nitrogens with zero attached hydrogens (tertiary/aromatic N) is 2. The molecule has 2 unspecified atom stereocenters. The van der Waals surface area contributed by atoms with Crippen molar-refractivity contribution in [3.05, 3.63) is 0 Å². The molecule has 0 spiro atoms. The molecule has 0 saturated carbocycles. The van der Waals surface area contributed by atoms with Gasteiger partial charge in [-0.25, -0.2) is 0 Å². The van der Waals surface area contributed by atoms with Crippen molar-refractivity contribution in [2.45, 2.75) is 52.0 Å². The van der Waals surface area contributed by atoms with E-state index in [-0.39, 0.29) is 11.9 Å². The molecule has 2 aliphatic rings. The molecule has 114 valence electrons. The van der Waals surface area contributed by atoms with Gasteiger partial charge < -0.3 is 10.0 Å². The number of rotatable bonds is 5. The topological polar surface area (TPSA) is 60.9 Å². The summed E-state index contributed by atoms with van der Waals surface area (Å²) in [6.45, 7) is 6.88. The largest absolute Gasteiger partial charge is 0.481 e. The fourth-order valence-electron chi connectivity index (χ4n) is 3.56. The van der Waals surface area contributed by atoms with Crippen LogP contribution in [0.4, 0.5) is 0 Å². The van der Waals surface area contributed by atoms with Crippen molar-refractivity contribution in [2.75, 3.05) is 26.2 Å². The average molecular weight is 282 g/mol. The van der Waals surface area contributed by atoms with Crippen molar-refractivity contribution < 1.29 is 14.7 Å². The Morgan fingerprint density at radius 3 is 2.45 bits per heavy atom. The van der Waals surface area contributed by atoms with Gasteiger partial charge in [0.25, 0.3) is 0 Å². The first-order valence-electron chi connectivity index (χ1n) is 7.76. The Balaban J connectivity index is 2.00. The average Bonchev–Trinajstić information content (AvgIpc) is 3.07. The van der Waals surface area contributed by atoms with E-state index in [0.717, 1.165) is 32.4 Å². The van der Waals surface area contributed by atoms with Gasteiger partial charge in [-0.2, -0.15) is 0 Å². The highest BCUT2D eigenvalue weighted by atomic mass is 16.4. The third kappa shape index (κ3) is 2.82. The van der Waals surface area contributed by atoms with Crippen LogP contribution in [0, 0.1) is 5.41 Å². The molecule has 2 atom stereocenters. The predicted molar refractivity (Wildman–Crippen MR) is 76.4 cm³/mol. The lowest BCUT2D eigenvalue weighted by molar-refractivity contribution is -0.149. The van der Waals surface area contributed by atoms with E-state index in [1.54, 1.807) is 0 Å². The highest BCUT2D eigenvalue weighted by Gasteiger charge is 2.46. The number of hydrogen-bond donors (Lipinski definition) is 1. The van der Waals surface area contributed by atoms with E-state index < -0.39 is 11.4 Å². The standard InChI is InChI=1S/C15H26N2O3/c1-3-6-15(14(19)20)7-10-17(11-15)12(2)13(18)16-8-4-5-9-16/h12H,3-11H2,1-2H3,(H,19,20). The molecular formula is C15H26N2O3. The first-order chi connectivity index (χ1) is 9.50. The lowest BCUT2D eigenvalue weighted by atomic mass is 9.83. The van der Waals surface area contributed by atoms with Crippen molar-refractivity contribution in [1.29, 1.82) is 0 Å². The quantitative estimate of drug-likeness (QED) is 0.831. The Labute approximate surface area is 120 Å². The minimum Gasteiger partial charge on any atom is -0.481 e. The summed E-state index contributed by atoms with van der Waals surface area (Å²) < 4.78 is 0. The molecule has 0 bridgehead atoms. The Morgan fingerprint density at radius 2 is 1.90 bits per heavy atom. The molecule has 0 radical (unpaired) electrons. The summed E-state index contributed by atoms with van der Waals surface area (Å²) in [7, 11) is 0. The maximum atomic E-state index is 12.4. The second-order valence-corrected chi connectivity index (χ2v) is 6.26. The van der Waals surface area contributed by atoms with E-state index in [1.165, 1.54) is 0 Å². The van der Waals surface area contributed by atoms with Crippen LogP contribution in [0.3, 0.4) is 0 Å². The van der Waals surface area contributed by atoms with Gasteiger partial charge in [0.15, 0.2) is 0 Å². The predicted octanol–water partition coefficient (Wildman–Crippen LogP) is 1.57. The van der Waals surface area contributed by atoms with E-state index >= 15 is 0 Å². The van der Waals surface area contributed by atoms with Gasteiger partial charge in [-0.15, -0.1) is 0 Å². The molecule has 0 aromatic carbocycles. The van der Waals surface area contributed by atoms with Crippen molar-refractivity contribution >= 4 is 11.9 Å². The third-order valence-corrected chi connectivity index (χ3v) is 4.89. The van der Waals surface area contributed by atoms with Gasteiger partial charge in [-0.05, 0) is 32.6 Å². The fraction of sp³-hybridized carbons (Fsp3) is 0.867. The van der Waals surface area contributed by atoms with Gasteiger partial charge in [0.1, 0.15) is 0 Å². The summed E-state index contributed by atoms with van der Waals surface area (Å²) in [4.78, 5) is 28.0. The smallest absolute Gasteiger partial charge is 0.310 e. The summed E-state index contributed by atoms with van der Waals surface area (Å²) in [5.74, 6) is -0.539. The molecule has 5 nitrogen and oxygen atoms in total. The number of hydrogen-bond acceptors (Lipinski definition) is 3. The molecule has 2 fully saturated rings. The summed E-state index contributed by atoms with van der Waals surface area (Å²) in [5, 5.41) is 9.52. The molecule has 5 heteroatoms. The zero-order valence-electron chi connectivity index (χ0n) is 12.6. The number of carbonyl (C=O) groups excluding carboxylic acids is 1. The van der Waals surface area contributed by atoms with Crippen LogP contribution in [0.15, 0.2) is 0 Å². The van der Waals surface area contributed by atoms with Crippen LogP contribution in [0.5, 0.6) is 0 Å². The molecule has 2 heterocycles. The minimum atomic E-state index is -0.706. The van der Waals surface area contributed by atoms with Gasteiger partial charge in [0.2, 0.25) is 5.91 Å². The Morgan fingerprint density at radius 1 is 1.25 bits per heavy atom. The Kier molecular flexibility index (Phi) is 4.68. The van der Waals surface area contributed by atoms with Crippen molar-refractivity contribution in [1.82, 2.24) is 9.80 Å². The number of amides is 1. The highest BCUT2D eigenvalue weighted by Crippen LogP contribution is 2.36. The van der Waals surface area contributed by atoms with Gasteiger partial charge in [-0.1, -0.05) is 13.3 Å². The van der Waals surface area contributed by atoms with E-state index in [4.69, 9.17) is 0 Å². The minimum absolute atomic E-state index is 0.167. The number of carboxylic acids is 1. The van der Waals surface area contributed by atoms with E-state index in [0.29, 0.717) is 25.9 Å². The summed E-state index contributed by atoms with van der Waals surface area (Å²) in [6, 6.07) is -0.189. The zero-order chi connectivity index (χ0) is 14.8. The first kappa shape index (κ1) is 15.3. The summed E-state index contributed by atoms with van der Waals surface area (Å²) >= 11 is 0. The Bertz CT molecular complexity index is 379. The van der Waals surface area contributed by atoms with E-state index in [9.17, 15) is 14.7 Å². The maximum absolute atomic E-state index is 12.4. The SMILES string of the molecule is CCCC1(C(=O)O)CCN(C(C)C(=O)N2CCCC2)C1. The summed E-state index contributed by atoms with van der Waals surface area (Å²) in [5.41, 5.74) is -0.645. The lowest BCUT2D eigenvalue weighted by Crippen LogP contribution is -2.46. The van der Waals surface area contributed by atoms with Crippen LogP contribution < -0.4 is 0 Å². The van der Waals surface area contributed by atoms with Gasteiger partial charge >= 0.3 is 5.97 Å². The van der Waals surface area contributed by atoms with Crippen molar-refractivity contribution in [3.63, 3.8) is 0 Å². The van der Waals surface area contributed by atoms with Crippen LogP contribution in [-0.2, 0) is 9.59 Å². The molecule has 2 rings (SSSR count). The molecule has 0 aromatic heterocycles. The van der Waals surface area contributed by atoms with Gasteiger partial charge in [0.05, 0.1) is 11.5 Å². The number of carbonyl (C=O) groups is 2. The van der Waals surface area contributed by atoms with Gasteiger partial charge in [-0.3, -0.25) is 14.5 Å². The number of likely N-dealkylation sites (tertiary alicyclic amines) is 2. The van der Waals surface area contributed by atoms with Crippen LogP contribution in [0.1, 0.15) is 46.0 Å². The monoisotopic (exact) mass is 282 g/mol. The molecule has 20 heavy (non-hydrogen) atoms. The molecular weight excluding hydrogens is 256 g/mol. The zero-order valence-corrected chi connectivity index (χ0v) is 12.6. The van der Waals surface area contributed by atoms with Crippen molar-refractivity contribution in [3.8, 4) is 0 Å². The first-order valence-corrected chi connectivity index (χ1v) is 7.76. The normalized spacial score (nSPS) is 28.8. The highest BCUT2D eigenvalue weighted by molar-refractivity contribution is 5.82. The molecule has 1 amide bonds. The van der Waals surface area contributed by atoms with Crippen molar-refractivity contribution in [2.24, 2.45) is 5.41 Å². The molecule has 0 aliphatic carbocycles.